The van der Waals surface area contributed by atoms with Crippen molar-refractivity contribution in [3.05, 3.63) is 69.7 Å². The number of carbonyl (C=O) groups excluding carboxylic acids is 1. The Bertz CT molecular complexity index is 1040. The maximum Gasteiger partial charge on any atom is 0.228 e. The third-order valence-electron chi connectivity index (χ3n) is 7.28. The molecule has 2 aromatic carbocycles. The molecule has 0 saturated heterocycles. The smallest absolute Gasteiger partial charge is 0.228 e. The summed E-state index contributed by atoms with van der Waals surface area (Å²) in [7, 11) is 0. The molecule has 0 bridgehead atoms. The molecule has 1 amide bonds. The summed E-state index contributed by atoms with van der Waals surface area (Å²) in [4.78, 5) is 15.2. The van der Waals surface area contributed by atoms with Gasteiger partial charge in [-0.25, -0.2) is 0 Å². The third-order valence-corrected chi connectivity index (χ3v) is 8.60. The Balaban J connectivity index is 1.32. The monoisotopic (exact) mass is 570 g/mol. The Morgan fingerprint density at radius 2 is 1.59 bits per heavy atom. The molecule has 6 heteroatoms. The highest BCUT2D eigenvalue weighted by Gasteiger charge is 2.15. The average molecular weight is 571 g/mol. The minimum Gasteiger partial charge on any atom is -0.494 e. The number of rotatable bonds is 19. The van der Waals surface area contributed by atoms with Crippen LogP contribution in [-0.2, 0) is 17.8 Å². The number of benzene rings is 2. The van der Waals surface area contributed by atoms with Crippen LogP contribution in [0.25, 0.3) is 0 Å². The normalized spacial score (nSPS) is 13.0. The molecular weight excluding hydrogens is 524 g/mol. The quantitative estimate of drug-likeness (QED) is 0.171. The van der Waals surface area contributed by atoms with Gasteiger partial charge in [-0.05, 0) is 48.1 Å². The summed E-state index contributed by atoms with van der Waals surface area (Å²) >= 11 is 8.32. The number of ether oxygens (including phenoxy) is 1. The molecule has 2 aromatic rings. The van der Waals surface area contributed by atoms with Crippen LogP contribution in [0.2, 0.25) is 5.02 Å². The first-order chi connectivity index (χ1) is 19.1. The van der Waals surface area contributed by atoms with Crippen molar-refractivity contribution in [2.75, 3.05) is 17.8 Å². The number of carbonyl (C=O) groups is 1. The zero-order valence-electron chi connectivity index (χ0n) is 24.0. The molecule has 0 saturated carbocycles. The van der Waals surface area contributed by atoms with Gasteiger partial charge in [-0.2, -0.15) is 0 Å². The van der Waals surface area contributed by atoms with Crippen LogP contribution in [0, 0.1) is 0 Å². The van der Waals surface area contributed by atoms with Crippen LogP contribution in [0.3, 0.4) is 0 Å². The standard InChI is InChI=1S/C33H47ClN2O2S/c1-3-4-5-6-7-8-9-10-11-12-13-16-21-38-30-20-19-28(31(34)23-30)22-33(37)35-32-18-15-14-17-29(32)24-36-26-39-25-27(36)2/h14-15,17-20,23,25H,3-13,16,21-22,24,26H2,1-2H3,(H,35,37). The first-order valence-electron chi connectivity index (χ1n) is 14.9. The van der Waals surface area contributed by atoms with Gasteiger partial charge in [0.2, 0.25) is 5.91 Å². The van der Waals surface area contributed by atoms with Gasteiger partial charge < -0.3 is 15.0 Å². The number of amides is 1. The number of halogens is 1. The summed E-state index contributed by atoms with van der Waals surface area (Å²) in [5, 5.41) is 5.83. The van der Waals surface area contributed by atoms with Gasteiger partial charge in [0, 0.05) is 23.0 Å². The molecule has 1 aliphatic heterocycles. The number of unbranched alkanes of at least 4 members (excludes halogenated alkanes) is 11. The fourth-order valence-electron chi connectivity index (χ4n) is 4.84. The van der Waals surface area contributed by atoms with E-state index in [4.69, 9.17) is 16.3 Å². The van der Waals surface area contributed by atoms with E-state index in [9.17, 15) is 4.79 Å². The first kappa shape index (κ1) is 31.4. The van der Waals surface area contributed by atoms with Gasteiger partial charge in [-0.3, -0.25) is 4.79 Å². The fraction of sp³-hybridized carbons (Fsp3) is 0.545. The number of nitrogens with one attached hydrogen (secondary N) is 1. The van der Waals surface area contributed by atoms with E-state index < -0.39 is 0 Å². The van der Waals surface area contributed by atoms with Gasteiger partial charge in [0.05, 0.1) is 18.9 Å². The Labute approximate surface area is 245 Å². The lowest BCUT2D eigenvalue weighted by Crippen LogP contribution is -2.20. The maximum atomic E-state index is 12.9. The van der Waals surface area contributed by atoms with Crippen LogP contribution < -0.4 is 10.1 Å². The Kier molecular flexibility index (Phi) is 14.7. The topological polar surface area (TPSA) is 41.6 Å². The van der Waals surface area contributed by atoms with Crippen LogP contribution in [0.15, 0.2) is 53.6 Å². The zero-order chi connectivity index (χ0) is 27.7. The van der Waals surface area contributed by atoms with E-state index >= 15 is 0 Å². The van der Waals surface area contributed by atoms with Crippen molar-refractivity contribution >= 4 is 35.0 Å². The molecule has 1 heterocycles. The molecule has 4 nitrogen and oxygen atoms in total. The molecule has 3 rings (SSSR count). The zero-order valence-corrected chi connectivity index (χ0v) is 25.6. The summed E-state index contributed by atoms with van der Waals surface area (Å²) in [5.74, 6) is 1.64. The van der Waals surface area contributed by atoms with Crippen LogP contribution in [0.1, 0.15) is 102 Å². The summed E-state index contributed by atoms with van der Waals surface area (Å²) < 4.78 is 5.93. The summed E-state index contributed by atoms with van der Waals surface area (Å²) in [5.41, 5.74) is 4.02. The first-order valence-corrected chi connectivity index (χ1v) is 16.3. The second-order valence-electron chi connectivity index (χ2n) is 10.6. The average Bonchev–Trinajstić information content (AvgIpc) is 3.33. The Morgan fingerprint density at radius 1 is 0.923 bits per heavy atom. The van der Waals surface area contributed by atoms with E-state index in [0.717, 1.165) is 41.4 Å². The number of hydrogen-bond donors (Lipinski definition) is 1. The van der Waals surface area contributed by atoms with Crippen LogP contribution in [0.4, 0.5) is 5.69 Å². The number of nitrogens with zero attached hydrogens (tertiary/aromatic N) is 1. The fourth-order valence-corrected chi connectivity index (χ4v) is 6.02. The molecule has 39 heavy (non-hydrogen) atoms. The number of hydrogen-bond acceptors (Lipinski definition) is 4. The van der Waals surface area contributed by atoms with Gasteiger partial charge in [0.15, 0.2) is 0 Å². The van der Waals surface area contributed by atoms with Crippen molar-refractivity contribution in [3.63, 3.8) is 0 Å². The minimum absolute atomic E-state index is 0.0717. The van der Waals surface area contributed by atoms with Gasteiger partial charge in [0.25, 0.3) is 0 Å². The van der Waals surface area contributed by atoms with E-state index in [1.807, 2.05) is 36.4 Å². The van der Waals surface area contributed by atoms with Crippen LogP contribution in [0.5, 0.6) is 5.75 Å². The van der Waals surface area contributed by atoms with Crippen molar-refractivity contribution in [1.29, 1.82) is 0 Å². The number of thioether (sulfide) groups is 1. The molecule has 0 spiro atoms. The highest BCUT2D eigenvalue weighted by Crippen LogP contribution is 2.28. The maximum absolute atomic E-state index is 12.9. The molecule has 1 aliphatic rings. The molecular formula is C33H47ClN2O2S. The van der Waals surface area contributed by atoms with Crippen molar-refractivity contribution < 1.29 is 9.53 Å². The molecule has 0 aromatic heterocycles. The SMILES string of the molecule is CCCCCCCCCCCCCCOc1ccc(CC(=O)Nc2ccccc2CN2CSC=C2C)c(Cl)c1. The van der Waals surface area contributed by atoms with Crippen molar-refractivity contribution in [1.82, 2.24) is 4.90 Å². The van der Waals surface area contributed by atoms with E-state index in [-0.39, 0.29) is 12.3 Å². The summed E-state index contributed by atoms with van der Waals surface area (Å²) in [6.45, 7) is 5.87. The van der Waals surface area contributed by atoms with Crippen LogP contribution in [-0.4, -0.2) is 23.3 Å². The number of anilines is 1. The van der Waals surface area contributed by atoms with Crippen molar-refractivity contribution in [2.45, 2.75) is 104 Å². The van der Waals surface area contributed by atoms with Crippen LogP contribution >= 0.6 is 23.4 Å². The van der Waals surface area contributed by atoms with Crippen molar-refractivity contribution in [3.8, 4) is 5.75 Å². The predicted molar refractivity (Wildman–Crippen MR) is 169 cm³/mol. The third kappa shape index (κ3) is 11.9. The minimum atomic E-state index is -0.0717. The molecule has 214 valence electrons. The lowest BCUT2D eigenvalue weighted by molar-refractivity contribution is -0.115. The predicted octanol–water partition coefficient (Wildman–Crippen LogP) is 9.97. The second-order valence-corrected chi connectivity index (χ2v) is 11.9. The van der Waals surface area contributed by atoms with Gasteiger partial charge in [-0.15, -0.1) is 11.8 Å². The van der Waals surface area contributed by atoms with Gasteiger partial charge in [0.1, 0.15) is 5.75 Å². The molecule has 0 atom stereocenters. The molecule has 0 radical (unpaired) electrons. The second kappa shape index (κ2) is 18.3. The summed E-state index contributed by atoms with van der Waals surface area (Å²) in [6, 6.07) is 13.7. The van der Waals surface area contributed by atoms with E-state index in [1.54, 1.807) is 11.8 Å². The Morgan fingerprint density at radius 3 is 2.23 bits per heavy atom. The van der Waals surface area contributed by atoms with E-state index in [1.165, 1.54) is 76.3 Å². The lowest BCUT2D eigenvalue weighted by Gasteiger charge is -2.21. The largest absolute Gasteiger partial charge is 0.494 e. The number of para-hydroxylation sites is 1. The highest BCUT2D eigenvalue weighted by atomic mass is 35.5. The molecule has 0 fully saturated rings. The van der Waals surface area contributed by atoms with Gasteiger partial charge >= 0.3 is 0 Å². The van der Waals surface area contributed by atoms with Crippen molar-refractivity contribution in [2.24, 2.45) is 0 Å². The Hall–Kier alpha value is -2.11. The molecule has 1 N–H and O–H groups in total. The highest BCUT2D eigenvalue weighted by molar-refractivity contribution is 8.02. The number of allylic oxidation sites excluding steroid dienone is 1. The lowest BCUT2D eigenvalue weighted by atomic mass is 10.1. The van der Waals surface area contributed by atoms with E-state index in [2.05, 4.69) is 35.5 Å². The molecule has 0 aliphatic carbocycles. The van der Waals surface area contributed by atoms with E-state index in [0.29, 0.717) is 11.6 Å². The van der Waals surface area contributed by atoms with Gasteiger partial charge in [-0.1, -0.05) is 113 Å². The summed E-state index contributed by atoms with van der Waals surface area (Å²) in [6.07, 6.45) is 16.2. The molecule has 0 unspecified atom stereocenters.